The molecule has 0 radical (unpaired) electrons. The Bertz CT molecular complexity index is 1140. The molecule has 7 heteroatoms. The third kappa shape index (κ3) is 5.14. The van der Waals surface area contributed by atoms with E-state index in [0.29, 0.717) is 18.3 Å². The van der Waals surface area contributed by atoms with Crippen LogP contribution in [0.5, 0.6) is 0 Å². The van der Waals surface area contributed by atoms with Crippen LogP contribution in [0.15, 0.2) is 34.9 Å². The van der Waals surface area contributed by atoms with Crippen molar-refractivity contribution in [2.24, 2.45) is 45.7 Å². The third-order valence-electron chi connectivity index (χ3n) is 11.6. The summed E-state index contributed by atoms with van der Waals surface area (Å²) in [5.41, 5.74) is 8.37. The summed E-state index contributed by atoms with van der Waals surface area (Å²) in [6.07, 6.45) is 3.81. The Morgan fingerprint density at radius 1 is 1.15 bits per heavy atom. The predicted octanol–water partition coefficient (Wildman–Crippen LogP) is 5.25. The second-order valence-electron chi connectivity index (χ2n) is 14.7. The van der Waals surface area contributed by atoms with Crippen LogP contribution in [0.3, 0.4) is 0 Å². The van der Waals surface area contributed by atoms with Crippen molar-refractivity contribution in [1.82, 2.24) is 0 Å². The molecule has 230 valence electrons. The SMILES string of the molecule is C=C(CC[C@@H](C)[C@H]1CC=C2C3=C([C@@H](O)[C@H](OC(C)=O)[C@@]21C)[C@@]1(C)C[C@@H](OC(=O)CN)[C@H](O)C(C)(C)[C@@H]1CC3)C(C)C. The molecule has 4 aliphatic rings. The fraction of sp³-hybridized carbons (Fsp3) is 0.765. The Morgan fingerprint density at radius 3 is 2.39 bits per heavy atom. The molecule has 0 aromatic heterocycles. The van der Waals surface area contributed by atoms with Crippen molar-refractivity contribution in [2.45, 2.75) is 118 Å². The van der Waals surface area contributed by atoms with Crippen molar-refractivity contribution in [1.29, 1.82) is 0 Å². The first kappa shape index (κ1) is 32.0. The van der Waals surface area contributed by atoms with E-state index < -0.39 is 52.6 Å². The van der Waals surface area contributed by atoms with Crippen LogP contribution in [0.1, 0.15) is 93.9 Å². The molecule has 4 rings (SSSR count). The molecule has 0 heterocycles. The summed E-state index contributed by atoms with van der Waals surface area (Å²) in [5, 5.41) is 23.7. The van der Waals surface area contributed by atoms with Crippen LogP contribution in [-0.2, 0) is 19.1 Å². The van der Waals surface area contributed by atoms with Crippen LogP contribution >= 0.6 is 0 Å². The molecule has 7 nitrogen and oxygen atoms in total. The van der Waals surface area contributed by atoms with E-state index in [0.717, 1.165) is 37.7 Å². The summed E-state index contributed by atoms with van der Waals surface area (Å²) in [6.45, 7) is 20.4. The van der Waals surface area contributed by atoms with Gasteiger partial charge in [-0.25, -0.2) is 0 Å². The quantitative estimate of drug-likeness (QED) is 0.269. The normalized spacial score (nSPS) is 38.4. The van der Waals surface area contributed by atoms with Crippen molar-refractivity contribution in [3.05, 3.63) is 34.9 Å². The fourth-order valence-corrected chi connectivity index (χ4v) is 9.35. The second kappa shape index (κ2) is 11.3. The van der Waals surface area contributed by atoms with Gasteiger partial charge >= 0.3 is 11.9 Å². The molecule has 0 spiro atoms. The molecule has 9 atom stereocenters. The molecule has 4 N–H and O–H groups in total. The van der Waals surface area contributed by atoms with Crippen LogP contribution < -0.4 is 5.73 Å². The maximum absolute atomic E-state index is 12.5. The predicted molar refractivity (Wildman–Crippen MR) is 159 cm³/mol. The Labute approximate surface area is 246 Å². The highest BCUT2D eigenvalue weighted by Gasteiger charge is 2.65. The van der Waals surface area contributed by atoms with Gasteiger partial charge in [0.2, 0.25) is 0 Å². The summed E-state index contributed by atoms with van der Waals surface area (Å²) < 4.78 is 11.8. The lowest BCUT2D eigenvalue weighted by Crippen LogP contribution is -2.63. The lowest BCUT2D eigenvalue weighted by atomic mass is 9.45. The van der Waals surface area contributed by atoms with Gasteiger partial charge in [0.15, 0.2) is 0 Å². The van der Waals surface area contributed by atoms with Gasteiger partial charge in [0.1, 0.15) is 18.3 Å². The van der Waals surface area contributed by atoms with Gasteiger partial charge in [-0.3, -0.25) is 9.59 Å². The summed E-state index contributed by atoms with van der Waals surface area (Å²) in [7, 11) is 0. The fourth-order valence-electron chi connectivity index (χ4n) is 9.35. The molecular weight excluding hydrogens is 518 g/mol. The number of hydrogen-bond acceptors (Lipinski definition) is 7. The number of hydrogen-bond donors (Lipinski definition) is 3. The molecule has 0 aliphatic heterocycles. The minimum absolute atomic E-state index is 0.0346. The summed E-state index contributed by atoms with van der Waals surface area (Å²) >= 11 is 0. The van der Waals surface area contributed by atoms with Crippen molar-refractivity contribution < 1.29 is 29.3 Å². The minimum Gasteiger partial charge on any atom is -0.459 e. The zero-order valence-electron chi connectivity index (χ0n) is 26.5. The van der Waals surface area contributed by atoms with Crippen LogP contribution in [0.2, 0.25) is 0 Å². The first-order valence-corrected chi connectivity index (χ1v) is 15.6. The monoisotopic (exact) mass is 571 g/mol. The highest BCUT2D eigenvalue weighted by Crippen LogP contribution is 2.67. The summed E-state index contributed by atoms with van der Waals surface area (Å²) in [6, 6.07) is 0. The average Bonchev–Trinajstić information content (AvgIpc) is 3.25. The number of aliphatic hydroxyl groups excluding tert-OH is 2. The van der Waals surface area contributed by atoms with E-state index in [1.807, 2.05) is 13.8 Å². The Hall–Kier alpha value is -1.96. The van der Waals surface area contributed by atoms with E-state index in [1.165, 1.54) is 23.6 Å². The second-order valence-corrected chi connectivity index (χ2v) is 14.7. The van der Waals surface area contributed by atoms with Crippen LogP contribution in [0, 0.1) is 39.9 Å². The number of fused-ring (bicyclic) bond motifs is 4. The molecule has 0 amide bonds. The Balaban J connectivity index is 1.79. The van der Waals surface area contributed by atoms with Gasteiger partial charge in [-0.15, -0.1) is 0 Å². The van der Waals surface area contributed by atoms with E-state index in [4.69, 9.17) is 15.2 Å². The number of rotatable bonds is 8. The molecule has 4 aliphatic carbocycles. The Kier molecular flexibility index (Phi) is 8.79. The molecule has 0 unspecified atom stereocenters. The lowest BCUT2D eigenvalue weighted by Gasteiger charge is -2.62. The van der Waals surface area contributed by atoms with Gasteiger partial charge < -0.3 is 25.4 Å². The number of allylic oxidation sites excluding steroid dienone is 3. The molecule has 1 saturated carbocycles. The molecule has 1 fully saturated rings. The van der Waals surface area contributed by atoms with E-state index in [9.17, 15) is 19.8 Å². The number of carbonyl (C=O) groups excluding carboxylic acids is 2. The van der Waals surface area contributed by atoms with E-state index in [1.54, 1.807) is 0 Å². The van der Waals surface area contributed by atoms with Gasteiger partial charge in [-0.2, -0.15) is 0 Å². The minimum atomic E-state index is -1.00. The molecule has 0 saturated heterocycles. The zero-order chi connectivity index (χ0) is 30.7. The number of carbonyl (C=O) groups is 2. The first-order chi connectivity index (χ1) is 19.0. The van der Waals surface area contributed by atoms with E-state index >= 15 is 0 Å². The van der Waals surface area contributed by atoms with Crippen LogP contribution in [0.25, 0.3) is 0 Å². The zero-order valence-corrected chi connectivity index (χ0v) is 26.5. The maximum Gasteiger partial charge on any atom is 0.320 e. The molecular formula is C34H53NO6. The highest BCUT2D eigenvalue weighted by molar-refractivity contribution is 5.71. The van der Waals surface area contributed by atoms with Crippen molar-refractivity contribution in [3.8, 4) is 0 Å². The third-order valence-corrected chi connectivity index (χ3v) is 11.6. The Morgan fingerprint density at radius 2 is 1.80 bits per heavy atom. The van der Waals surface area contributed by atoms with Crippen LogP contribution in [0.4, 0.5) is 0 Å². The van der Waals surface area contributed by atoms with Gasteiger partial charge in [-0.1, -0.05) is 66.7 Å². The van der Waals surface area contributed by atoms with Gasteiger partial charge in [0.05, 0.1) is 12.6 Å². The molecule has 0 aromatic rings. The largest absolute Gasteiger partial charge is 0.459 e. The van der Waals surface area contributed by atoms with Crippen molar-refractivity contribution >= 4 is 11.9 Å². The van der Waals surface area contributed by atoms with Crippen molar-refractivity contribution in [3.63, 3.8) is 0 Å². The maximum atomic E-state index is 12.5. The van der Waals surface area contributed by atoms with Gasteiger partial charge in [-0.05, 0) is 89.7 Å². The smallest absolute Gasteiger partial charge is 0.320 e. The number of aliphatic hydroxyl groups is 2. The average molecular weight is 572 g/mol. The standard InChI is InChI=1S/C34H53NO6/c1-18(2)19(3)10-11-20(4)23-13-14-24-22-12-15-26-32(6,7)30(39)25(41-27(37)17-35)16-33(26,8)28(22)29(38)31(34(23,24)9)40-21(5)36/h14,18,20,23,25-26,29-31,38-39H,3,10-13,15-17,35H2,1-2,4-9H3/t20-,23-,25-,26+,29-,30+,31+,33+,34-/m1/s1. The van der Waals surface area contributed by atoms with E-state index in [-0.39, 0.29) is 18.4 Å². The summed E-state index contributed by atoms with van der Waals surface area (Å²) in [5.74, 6) is 0.0626. The number of nitrogens with two attached hydrogens (primary N) is 1. The van der Waals surface area contributed by atoms with E-state index in [2.05, 4.69) is 47.3 Å². The number of ether oxygens (including phenoxy) is 2. The van der Waals surface area contributed by atoms with Crippen molar-refractivity contribution in [2.75, 3.05) is 6.54 Å². The summed E-state index contributed by atoms with van der Waals surface area (Å²) in [4.78, 5) is 24.8. The van der Waals surface area contributed by atoms with Crippen LogP contribution in [-0.4, -0.2) is 53.1 Å². The molecule has 0 aromatic carbocycles. The van der Waals surface area contributed by atoms with Gasteiger partial charge in [0, 0.05) is 12.3 Å². The topological polar surface area (TPSA) is 119 Å². The van der Waals surface area contributed by atoms with Gasteiger partial charge in [0.25, 0.3) is 0 Å². The number of esters is 2. The molecule has 0 bridgehead atoms. The first-order valence-electron chi connectivity index (χ1n) is 15.6. The molecule has 41 heavy (non-hydrogen) atoms. The highest BCUT2D eigenvalue weighted by atomic mass is 16.6. The lowest BCUT2D eigenvalue weighted by molar-refractivity contribution is -0.192.